The minimum Gasteiger partial charge on any atom is -0.279 e. The van der Waals surface area contributed by atoms with Gasteiger partial charge in [0.25, 0.3) is 0 Å². The van der Waals surface area contributed by atoms with Crippen LogP contribution in [0.4, 0.5) is 0 Å². The largest absolute Gasteiger partial charge is 0.346 e. The first-order valence-corrected chi connectivity index (χ1v) is 16.5. The predicted molar refractivity (Wildman–Crippen MR) is 171 cm³/mol. The molecule has 1 heterocycles. The normalized spacial score (nSPS) is 11.9. The standard InChI is InChI=1S/C34H42N4O4S/c1-6-32(39)36-43(41,42)24-28-12-8-9-13-30(28)27-19-15-25(16-20-27)11-10-14-31-35-38(33(40)37(31)7-2)23-26-17-21-29(22-18-26)34(3,4)5/h8-9,12-13,15-22H,6-7,10-11,14,23-24H2,1-5H3,(H,36,39). The van der Waals surface area contributed by atoms with E-state index in [1.165, 1.54) is 5.56 Å². The highest BCUT2D eigenvalue weighted by atomic mass is 32.2. The van der Waals surface area contributed by atoms with Crippen LogP contribution in [0.25, 0.3) is 11.1 Å². The summed E-state index contributed by atoms with van der Waals surface area (Å²) in [4.78, 5) is 24.7. The number of carbonyl (C=O) groups excluding carboxylic acids is 1. The molecule has 0 fully saturated rings. The number of aryl methyl sites for hydroxylation is 2. The van der Waals surface area contributed by atoms with Crippen LogP contribution in [0, 0.1) is 0 Å². The van der Waals surface area contributed by atoms with E-state index in [2.05, 4.69) is 54.9 Å². The molecule has 0 saturated carbocycles. The van der Waals surface area contributed by atoms with E-state index in [0.29, 0.717) is 25.1 Å². The molecule has 4 rings (SSSR count). The zero-order chi connectivity index (χ0) is 31.2. The second kappa shape index (κ2) is 13.5. The lowest BCUT2D eigenvalue weighted by Gasteiger charge is -2.19. The minimum atomic E-state index is -3.79. The number of rotatable bonds is 12. The van der Waals surface area contributed by atoms with Gasteiger partial charge in [-0.3, -0.25) is 14.1 Å². The van der Waals surface area contributed by atoms with Gasteiger partial charge in [0.15, 0.2) is 0 Å². The van der Waals surface area contributed by atoms with E-state index in [9.17, 15) is 18.0 Å². The molecule has 0 aliphatic heterocycles. The van der Waals surface area contributed by atoms with Gasteiger partial charge in [0.05, 0.1) is 12.3 Å². The molecule has 0 spiro atoms. The number of benzene rings is 3. The number of hydrogen-bond acceptors (Lipinski definition) is 5. The van der Waals surface area contributed by atoms with Crippen molar-refractivity contribution in [2.75, 3.05) is 0 Å². The molecule has 9 heteroatoms. The molecule has 0 bridgehead atoms. The Morgan fingerprint density at radius 3 is 2.16 bits per heavy atom. The average molecular weight is 603 g/mol. The van der Waals surface area contributed by atoms with Gasteiger partial charge in [-0.05, 0) is 58.6 Å². The van der Waals surface area contributed by atoms with Crippen molar-refractivity contribution in [2.24, 2.45) is 0 Å². The van der Waals surface area contributed by atoms with Crippen LogP contribution in [0.3, 0.4) is 0 Å². The summed E-state index contributed by atoms with van der Waals surface area (Å²) < 4.78 is 30.4. The molecule has 1 aromatic heterocycles. The third kappa shape index (κ3) is 8.32. The Kier molecular flexibility index (Phi) is 10.1. The molecule has 1 amide bonds. The van der Waals surface area contributed by atoms with Crippen molar-refractivity contribution in [1.29, 1.82) is 0 Å². The Hall–Kier alpha value is -3.98. The minimum absolute atomic E-state index is 0.0780. The fourth-order valence-corrected chi connectivity index (χ4v) is 6.31. The maximum absolute atomic E-state index is 13.0. The van der Waals surface area contributed by atoms with Gasteiger partial charge < -0.3 is 0 Å². The van der Waals surface area contributed by atoms with Crippen molar-refractivity contribution in [3.8, 4) is 11.1 Å². The third-order valence-electron chi connectivity index (χ3n) is 7.55. The van der Waals surface area contributed by atoms with Crippen molar-refractivity contribution in [2.45, 2.75) is 84.6 Å². The first kappa shape index (κ1) is 31.9. The maximum atomic E-state index is 13.0. The number of nitrogens with one attached hydrogen (secondary N) is 1. The van der Waals surface area contributed by atoms with Crippen LogP contribution >= 0.6 is 0 Å². The molecule has 3 aromatic carbocycles. The van der Waals surface area contributed by atoms with Crippen LogP contribution in [0.1, 0.15) is 75.5 Å². The number of sulfonamides is 1. The molecule has 0 aliphatic rings. The molecule has 228 valence electrons. The van der Waals surface area contributed by atoms with Crippen molar-refractivity contribution in [3.05, 3.63) is 111 Å². The molecule has 4 aromatic rings. The van der Waals surface area contributed by atoms with Gasteiger partial charge >= 0.3 is 5.69 Å². The Morgan fingerprint density at radius 1 is 0.884 bits per heavy atom. The average Bonchev–Trinajstić information content (AvgIpc) is 3.26. The monoisotopic (exact) mass is 602 g/mol. The lowest BCUT2D eigenvalue weighted by atomic mass is 9.87. The topological polar surface area (TPSA) is 103 Å². The number of carbonyl (C=O) groups is 1. The van der Waals surface area contributed by atoms with Crippen molar-refractivity contribution in [1.82, 2.24) is 19.1 Å². The third-order valence-corrected chi connectivity index (χ3v) is 8.78. The molecule has 1 N–H and O–H groups in total. The van der Waals surface area contributed by atoms with E-state index in [0.717, 1.165) is 40.9 Å². The smallest absolute Gasteiger partial charge is 0.279 e. The van der Waals surface area contributed by atoms with Gasteiger partial charge in [0.1, 0.15) is 5.82 Å². The Balaban J connectivity index is 1.40. The SMILES string of the molecule is CCC(=O)NS(=O)(=O)Cc1ccccc1-c1ccc(CCCc2nn(Cc3ccc(C(C)(C)C)cc3)c(=O)n2CC)cc1. The van der Waals surface area contributed by atoms with Gasteiger partial charge in [0, 0.05) is 19.4 Å². The van der Waals surface area contributed by atoms with Crippen LogP contribution in [0.15, 0.2) is 77.6 Å². The first-order valence-electron chi connectivity index (χ1n) is 14.9. The van der Waals surface area contributed by atoms with Crippen molar-refractivity contribution in [3.63, 3.8) is 0 Å². The van der Waals surface area contributed by atoms with Crippen molar-refractivity contribution >= 4 is 15.9 Å². The zero-order valence-corrected chi connectivity index (χ0v) is 26.6. The molecule has 0 atom stereocenters. The highest BCUT2D eigenvalue weighted by Crippen LogP contribution is 2.26. The lowest BCUT2D eigenvalue weighted by Crippen LogP contribution is -2.31. The highest BCUT2D eigenvalue weighted by Gasteiger charge is 2.18. The summed E-state index contributed by atoms with van der Waals surface area (Å²) in [6.07, 6.45) is 2.44. The van der Waals surface area contributed by atoms with E-state index in [1.807, 2.05) is 43.3 Å². The van der Waals surface area contributed by atoms with E-state index in [4.69, 9.17) is 0 Å². The fourth-order valence-electron chi connectivity index (χ4n) is 5.09. The van der Waals surface area contributed by atoms with Gasteiger partial charge in [-0.2, -0.15) is 5.10 Å². The van der Waals surface area contributed by atoms with Crippen LogP contribution in [0.2, 0.25) is 0 Å². The van der Waals surface area contributed by atoms with Crippen LogP contribution in [-0.4, -0.2) is 28.7 Å². The summed E-state index contributed by atoms with van der Waals surface area (Å²) >= 11 is 0. The molecule has 0 saturated heterocycles. The van der Waals surface area contributed by atoms with Crippen LogP contribution in [-0.2, 0) is 51.9 Å². The summed E-state index contributed by atoms with van der Waals surface area (Å²) in [5.41, 5.74) is 5.79. The number of aromatic nitrogens is 3. The van der Waals surface area contributed by atoms with Gasteiger partial charge in [-0.1, -0.05) is 100 Å². The van der Waals surface area contributed by atoms with E-state index < -0.39 is 15.9 Å². The van der Waals surface area contributed by atoms with Gasteiger partial charge in [-0.25, -0.2) is 17.9 Å². The summed E-state index contributed by atoms with van der Waals surface area (Å²) in [6, 6.07) is 23.8. The zero-order valence-electron chi connectivity index (χ0n) is 25.8. The predicted octanol–water partition coefficient (Wildman–Crippen LogP) is 5.61. The fraction of sp³-hybridized carbons (Fsp3) is 0.382. The molecular formula is C34H42N4O4S. The first-order chi connectivity index (χ1) is 20.4. The molecular weight excluding hydrogens is 560 g/mol. The van der Waals surface area contributed by atoms with E-state index in [1.54, 1.807) is 28.3 Å². The second-order valence-corrected chi connectivity index (χ2v) is 13.6. The van der Waals surface area contributed by atoms with E-state index >= 15 is 0 Å². The summed E-state index contributed by atoms with van der Waals surface area (Å²) in [6.45, 7) is 11.1. The summed E-state index contributed by atoms with van der Waals surface area (Å²) in [5.74, 6) is 0.00108. The van der Waals surface area contributed by atoms with E-state index in [-0.39, 0.29) is 23.3 Å². The molecule has 8 nitrogen and oxygen atoms in total. The Bertz CT molecular complexity index is 1710. The summed E-state index contributed by atoms with van der Waals surface area (Å²) in [7, 11) is -3.79. The number of hydrogen-bond donors (Lipinski definition) is 1. The summed E-state index contributed by atoms with van der Waals surface area (Å²) in [5, 5.41) is 4.69. The number of amides is 1. The van der Waals surface area contributed by atoms with Crippen LogP contribution < -0.4 is 10.4 Å². The molecule has 0 unspecified atom stereocenters. The Morgan fingerprint density at radius 2 is 1.53 bits per heavy atom. The molecule has 0 radical (unpaired) electrons. The molecule has 43 heavy (non-hydrogen) atoms. The van der Waals surface area contributed by atoms with Crippen molar-refractivity contribution < 1.29 is 13.2 Å². The number of nitrogens with zero attached hydrogens (tertiary/aromatic N) is 3. The molecule has 0 aliphatic carbocycles. The highest BCUT2D eigenvalue weighted by molar-refractivity contribution is 7.89. The maximum Gasteiger partial charge on any atom is 0.346 e. The lowest BCUT2D eigenvalue weighted by molar-refractivity contribution is -0.119. The van der Waals surface area contributed by atoms with Gasteiger partial charge in [-0.15, -0.1) is 0 Å². The van der Waals surface area contributed by atoms with Gasteiger partial charge in [0.2, 0.25) is 15.9 Å². The quantitative estimate of drug-likeness (QED) is 0.227. The van der Waals surface area contributed by atoms with Crippen LogP contribution in [0.5, 0.6) is 0 Å². The second-order valence-electron chi connectivity index (χ2n) is 11.9. The Labute approximate surface area is 254 Å².